The van der Waals surface area contributed by atoms with E-state index in [4.69, 9.17) is 16.3 Å². The Morgan fingerprint density at radius 3 is 2.47 bits per heavy atom. The van der Waals surface area contributed by atoms with E-state index in [0.717, 1.165) is 17.9 Å². The molecule has 0 saturated heterocycles. The molecule has 0 aliphatic heterocycles. The minimum Gasteiger partial charge on any atom is -0.494 e. The van der Waals surface area contributed by atoms with Gasteiger partial charge in [-0.15, -0.1) is 11.6 Å². The minimum absolute atomic E-state index is 0.107. The van der Waals surface area contributed by atoms with Gasteiger partial charge in [-0.05, 0) is 31.0 Å². The van der Waals surface area contributed by atoms with Crippen molar-refractivity contribution in [3.8, 4) is 5.75 Å². The Hall–Kier alpha value is -0.340. The highest BCUT2D eigenvalue weighted by molar-refractivity contribution is 7.80. The van der Waals surface area contributed by atoms with Gasteiger partial charge in [-0.2, -0.15) is 12.6 Å². The van der Waals surface area contributed by atoms with E-state index >= 15 is 0 Å². The number of alkyl halides is 1. The SMILES string of the molecule is CCOc1ccc(C2(CS)CC2Cl)cc1. The highest BCUT2D eigenvalue weighted by Crippen LogP contribution is 2.53. The molecule has 15 heavy (non-hydrogen) atoms. The van der Waals surface area contributed by atoms with Crippen LogP contribution in [0.2, 0.25) is 0 Å². The first-order chi connectivity index (χ1) is 7.23. The second-order valence-electron chi connectivity index (χ2n) is 3.94. The summed E-state index contributed by atoms with van der Waals surface area (Å²) in [4.78, 5) is 0. The summed E-state index contributed by atoms with van der Waals surface area (Å²) in [5, 5.41) is 0.243. The van der Waals surface area contributed by atoms with Gasteiger partial charge in [0.15, 0.2) is 0 Å². The standard InChI is InChI=1S/C12H15ClOS/c1-2-14-10-5-3-9(4-6-10)12(8-15)7-11(12)13/h3-6,11,15H,2,7-8H2,1H3. The molecule has 82 valence electrons. The molecule has 2 rings (SSSR count). The highest BCUT2D eigenvalue weighted by atomic mass is 35.5. The van der Waals surface area contributed by atoms with E-state index in [2.05, 4.69) is 24.8 Å². The summed E-state index contributed by atoms with van der Waals surface area (Å²) in [5.74, 6) is 1.73. The molecule has 1 aromatic rings. The van der Waals surface area contributed by atoms with E-state index in [-0.39, 0.29) is 10.8 Å². The molecule has 0 N–H and O–H groups in total. The summed E-state index contributed by atoms with van der Waals surface area (Å²) >= 11 is 10.5. The lowest BCUT2D eigenvalue weighted by Crippen LogP contribution is -2.12. The van der Waals surface area contributed by atoms with Crippen molar-refractivity contribution in [3.05, 3.63) is 29.8 Å². The van der Waals surface area contributed by atoms with E-state index in [0.29, 0.717) is 6.61 Å². The maximum atomic E-state index is 6.16. The molecule has 1 aromatic carbocycles. The van der Waals surface area contributed by atoms with Crippen LogP contribution in [-0.2, 0) is 5.41 Å². The molecule has 1 aliphatic carbocycles. The predicted molar refractivity (Wildman–Crippen MR) is 67.4 cm³/mol. The smallest absolute Gasteiger partial charge is 0.119 e. The largest absolute Gasteiger partial charge is 0.494 e. The van der Waals surface area contributed by atoms with E-state index < -0.39 is 0 Å². The highest BCUT2D eigenvalue weighted by Gasteiger charge is 2.53. The second-order valence-corrected chi connectivity index (χ2v) is 4.79. The van der Waals surface area contributed by atoms with Gasteiger partial charge in [0.25, 0.3) is 0 Å². The summed E-state index contributed by atoms with van der Waals surface area (Å²) in [6.07, 6.45) is 1.03. The second kappa shape index (κ2) is 4.26. The van der Waals surface area contributed by atoms with E-state index in [1.807, 2.05) is 19.1 Å². The first kappa shape index (κ1) is 11.2. The summed E-state index contributed by atoms with van der Waals surface area (Å²) in [6, 6.07) is 8.21. The molecule has 1 nitrogen and oxygen atoms in total. The average Bonchev–Trinajstić information content (AvgIpc) is 2.92. The van der Waals surface area contributed by atoms with Crippen LogP contribution in [0.3, 0.4) is 0 Å². The van der Waals surface area contributed by atoms with E-state index in [1.54, 1.807) is 0 Å². The lowest BCUT2D eigenvalue weighted by molar-refractivity contribution is 0.340. The van der Waals surface area contributed by atoms with Gasteiger partial charge >= 0.3 is 0 Å². The van der Waals surface area contributed by atoms with Crippen molar-refractivity contribution in [2.45, 2.75) is 24.1 Å². The molecule has 3 heteroatoms. The molecule has 0 spiro atoms. The van der Waals surface area contributed by atoms with Crippen LogP contribution in [-0.4, -0.2) is 17.7 Å². The van der Waals surface area contributed by atoms with Crippen molar-refractivity contribution >= 4 is 24.2 Å². The lowest BCUT2D eigenvalue weighted by Gasteiger charge is -2.13. The van der Waals surface area contributed by atoms with Gasteiger partial charge in [0, 0.05) is 16.5 Å². The maximum absolute atomic E-state index is 6.16. The number of ether oxygens (including phenoxy) is 1. The molecule has 1 saturated carbocycles. The third kappa shape index (κ3) is 1.98. The van der Waals surface area contributed by atoms with Crippen LogP contribution in [0.1, 0.15) is 18.9 Å². The quantitative estimate of drug-likeness (QED) is 0.630. The third-order valence-electron chi connectivity index (χ3n) is 3.01. The van der Waals surface area contributed by atoms with Crippen LogP contribution in [0.5, 0.6) is 5.75 Å². The van der Waals surface area contributed by atoms with E-state index in [9.17, 15) is 0 Å². The Morgan fingerprint density at radius 2 is 2.07 bits per heavy atom. The molecule has 0 amide bonds. The van der Waals surface area contributed by atoms with Gasteiger partial charge in [-0.3, -0.25) is 0 Å². The zero-order valence-electron chi connectivity index (χ0n) is 8.74. The Kier molecular flexibility index (Phi) is 3.17. The fourth-order valence-corrected chi connectivity index (χ4v) is 2.98. The van der Waals surface area contributed by atoms with E-state index in [1.165, 1.54) is 5.56 Å². The molecule has 1 aliphatic rings. The lowest BCUT2D eigenvalue weighted by atomic mass is 9.98. The van der Waals surface area contributed by atoms with Crippen molar-refractivity contribution < 1.29 is 4.74 Å². The van der Waals surface area contributed by atoms with Crippen molar-refractivity contribution in [1.29, 1.82) is 0 Å². The van der Waals surface area contributed by atoms with Crippen molar-refractivity contribution in [1.82, 2.24) is 0 Å². The third-order valence-corrected chi connectivity index (χ3v) is 4.14. The monoisotopic (exact) mass is 242 g/mol. The van der Waals surface area contributed by atoms with Crippen molar-refractivity contribution in [3.63, 3.8) is 0 Å². The molecule has 0 aromatic heterocycles. The number of rotatable bonds is 4. The van der Waals surface area contributed by atoms with Crippen LogP contribution in [0.4, 0.5) is 0 Å². The molecular formula is C12H15ClOS. The molecule has 1 fully saturated rings. The van der Waals surface area contributed by atoms with Gasteiger partial charge in [-0.1, -0.05) is 12.1 Å². The van der Waals surface area contributed by atoms with Crippen LogP contribution in [0.15, 0.2) is 24.3 Å². The number of hydrogen-bond donors (Lipinski definition) is 1. The summed E-state index contributed by atoms with van der Waals surface area (Å²) < 4.78 is 5.40. The molecule has 0 heterocycles. The molecule has 2 atom stereocenters. The number of benzene rings is 1. The van der Waals surface area contributed by atoms with Crippen LogP contribution >= 0.6 is 24.2 Å². The number of halogens is 1. The zero-order chi connectivity index (χ0) is 10.9. The average molecular weight is 243 g/mol. The topological polar surface area (TPSA) is 9.23 Å². The summed E-state index contributed by atoms with van der Waals surface area (Å²) in [6.45, 7) is 2.69. The molecule has 2 unspecified atom stereocenters. The minimum atomic E-state index is 0.107. The summed E-state index contributed by atoms with van der Waals surface area (Å²) in [7, 11) is 0. The molecule has 0 bridgehead atoms. The normalized spacial score (nSPS) is 28.9. The van der Waals surface area contributed by atoms with Gasteiger partial charge in [-0.25, -0.2) is 0 Å². The van der Waals surface area contributed by atoms with Crippen molar-refractivity contribution in [2.75, 3.05) is 12.4 Å². The Labute approximate surface area is 101 Å². The zero-order valence-corrected chi connectivity index (χ0v) is 10.4. The Bertz CT molecular complexity index is 334. The van der Waals surface area contributed by atoms with Gasteiger partial charge in [0.05, 0.1) is 6.61 Å². The Balaban J connectivity index is 2.17. The van der Waals surface area contributed by atoms with Crippen LogP contribution < -0.4 is 4.74 Å². The van der Waals surface area contributed by atoms with Crippen molar-refractivity contribution in [2.24, 2.45) is 0 Å². The van der Waals surface area contributed by atoms with Gasteiger partial charge in [0.2, 0.25) is 0 Å². The van der Waals surface area contributed by atoms with Gasteiger partial charge in [0.1, 0.15) is 5.75 Å². The van der Waals surface area contributed by atoms with Gasteiger partial charge < -0.3 is 4.74 Å². The molecular weight excluding hydrogens is 228 g/mol. The fraction of sp³-hybridized carbons (Fsp3) is 0.500. The number of hydrogen-bond acceptors (Lipinski definition) is 2. The molecule has 0 radical (unpaired) electrons. The summed E-state index contributed by atoms with van der Waals surface area (Å²) in [5.41, 5.74) is 1.39. The Morgan fingerprint density at radius 1 is 1.47 bits per heavy atom. The fourth-order valence-electron chi connectivity index (χ4n) is 1.86. The predicted octanol–water partition coefficient (Wildman–Crippen LogP) is 3.26. The first-order valence-corrected chi connectivity index (χ1v) is 6.28. The maximum Gasteiger partial charge on any atom is 0.119 e. The number of thiol groups is 1. The van der Waals surface area contributed by atoms with Crippen LogP contribution in [0, 0.1) is 0 Å². The van der Waals surface area contributed by atoms with Crippen LogP contribution in [0.25, 0.3) is 0 Å². The first-order valence-electron chi connectivity index (χ1n) is 5.21.